The molecule has 0 saturated carbocycles. The Morgan fingerprint density at radius 3 is 2.55 bits per heavy atom. The summed E-state index contributed by atoms with van der Waals surface area (Å²) in [6.07, 6.45) is 3.12. The van der Waals surface area contributed by atoms with Crippen molar-refractivity contribution in [2.45, 2.75) is 31.2 Å². The number of benzene rings is 2. The van der Waals surface area contributed by atoms with Crippen molar-refractivity contribution >= 4 is 34.5 Å². The maximum atomic E-state index is 13.4. The highest BCUT2D eigenvalue weighted by Crippen LogP contribution is 2.27. The molecule has 0 radical (unpaired) electrons. The maximum Gasteiger partial charge on any atom is 0.266 e. The van der Waals surface area contributed by atoms with Crippen LogP contribution in [0.5, 0.6) is 0 Å². The number of carbonyl (C=O) groups is 1. The van der Waals surface area contributed by atoms with Crippen LogP contribution < -0.4 is 10.9 Å². The van der Waals surface area contributed by atoms with Crippen LogP contribution in [0, 0.1) is 13.8 Å². The molecule has 4 rings (SSSR count). The fourth-order valence-electron chi connectivity index (χ4n) is 3.25. The number of thioether (sulfide) groups is 1. The molecule has 1 atom stereocenters. The van der Waals surface area contributed by atoms with E-state index in [4.69, 9.17) is 4.98 Å². The van der Waals surface area contributed by atoms with Gasteiger partial charge in [0, 0.05) is 12.4 Å². The van der Waals surface area contributed by atoms with E-state index in [2.05, 4.69) is 15.3 Å². The predicted octanol–water partition coefficient (Wildman–Crippen LogP) is 3.91. The number of amides is 1. The molecule has 2 heterocycles. The van der Waals surface area contributed by atoms with Crippen LogP contribution >= 0.6 is 11.8 Å². The van der Waals surface area contributed by atoms with Crippen molar-refractivity contribution in [3.8, 4) is 5.69 Å². The van der Waals surface area contributed by atoms with Gasteiger partial charge in [-0.05, 0) is 50.6 Å². The predicted molar refractivity (Wildman–Crippen MR) is 123 cm³/mol. The van der Waals surface area contributed by atoms with Gasteiger partial charge in [-0.1, -0.05) is 41.6 Å². The minimum Gasteiger partial charge on any atom is -0.294 e. The highest BCUT2D eigenvalue weighted by atomic mass is 32.2. The molecule has 0 aliphatic carbocycles. The number of fused-ring (bicyclic) bond motifs is 1. The fraction of sp³-hybridized carbons (Fsp3) is 0.174. The molecule has 0 fully saturated rings. The molecule has 0 bridgehead atoms. The molecule has 2 aromatic heterocycles. The lowest BCUT2D eigenvalue weighted by Gasteiger charge is -2.17. The Bertz CT molecular complexity index is 1320. The van der Waals surface area contributed by atoms with Crippen LogP contribution in [-0.2, 0) is 4.79 Å². The summed E-state index contributed by atoms with van der Waals surface area (Å²) in [7, 11) is 0. The molecule has 156 valence electrons. The number of anilines is 1. The summed E-state index contributed by atoms with van der Waals surface area (Å²) in [6, 6.07) is 14.8. The van der Waals surface area contributed by atoms with Gasteiger partial charge >= 0.3 is 0 Å². The van der Waals surface area contributed by atoms with Gasteiger partial charge in [0.05, 0.1) is 21.8 Å². The van der Waals surface area contributed by atoms with E-state index in [0.29, 0.717) is 16.1 Å². The summed E-state index contributed by atoms with van der Waals surface area (Å²) < 4.78 is 1.59. The Balaban J connectivity index is 1.77. The number of aromatic nitrogens is 4. The van der Waals surface area contributed by atoms with E-state index in [1.54, 1.807) is 42.1 Å². The molecule has 8 heteroatoms. The first-order valence-electron chi connectivity index (χ1n) is 9.78. The smallest absolute Gasteiger partial charge is 0.266 e. The van der Waals surface area contributed by atoms with Gasteiger partial charge in [-0.25, -0.2) is 15.0 Å². The van der Waals surface area contributed by atoms with Gasteiger partial charge < -0.3 is 0 Å². The number of nitrogens with zero attached hydrogens (tertiary/aromatic N) is 4. The van der Waals surface area contributed by atoms with Crippen molar-refractivity contribution in [1.29, 1.82) is 0 Å². The van der Waals surface area contributed by atoms with E-state index in [1.807, 2.05) is 44.2 Å². The first-order chi connectivity index (χ1) is 14.9. The second-order valence-electron chi connectivity index (χ2n) is 7.16. The molecule has 7 nitrogen and oxygen atoms in total. The molecule has 4 aromatic rings. The lowest BCUT2D eigenvalue weighted by atomic mass is 10.1. The summed E-state index contributed by atoms with van der Waals surface area (Å²) in [4.78, 5) is 38.9. The largest absolute Gasteiger partial charge is 0.294 e. The fourth-order valence-corrected chi connectivity index (χ4v) is 4.17. The van der Waals surface area contributed by atoms with Crippen LogP contribution in [0.4, 0.5) is 5.95 Å². The highest BCUT2D eigenvalue weighted by molar-refractivity contribution is 8.00. The van der Waals surface area contributed by atoms with Crippen LogP contribution in [0.2, 0.25) is 0 Å². The average molecular weight is 432 g/mol. The Kier molecular flexibility index (Phi) is 5.81. The molecule has 1 unspecified atom stereocenters. The zero-order valence-electron chi connectivity index (χ0n) is 17.4. The molecule has 2 aromatic carbocycles. The maximum absolute atomic E-state index is 13.4. The minimum absolute atomic E-state index is 0.168. The Morgan fingerprint density at radius 2 is 1.81 bits per heavy atom. The second kappa shape index (κ2) is 8.69. The van der Waals surface area contributed by atoms with Crippen molar-refractivity contribution in [2.75, 3.05) is 5.32 Å². The topological polar surface area (TPSA) is 89.8 Å². The van der Waals surface area contributed by atoms with Crippen molar-refractivity contribution in [1.82, 2.24) is 19.5 Å². The number of para-hydroxylation sites is 1. The minimum atomic E-state index is -0.533. The van der Waals surface area contributed by atoms with Crippen molar-refractivity contribution in [3.05, 3.63) is 82.4 Å². The molecular formula is C23H21N5O2S. The van der Waals surface area contributed by atoms with Gasteiger partial charge in [0.1, 0.15) is 0 Å². The van der Waals surface area contributed by atoms with E-state index in [1.165, 1.54) is 11.8 Å². The van der Waals surface area contributed by atoms with Gasteiger partial charge in [-0.2, -0.15) is 0 Å². The molecule has 0 saturated heterocycles. The second-order valence-corrected chi connectivity index (χ2v) is 8.47. The monoisotopic (exact) mass is 431 g/mol. The third-order valence-electron chi connectivity index (χ3n) is 4.79. The lowest BCUT2D eigenvalue weighted by molar-refractivity contribution is -0.115. The molecule has 1 N–H and O–H groups in total. The number of hydrogen-bond acceptors (Lipinski definition) is 6. The number of aryl methyl sites for hydroxylation is 2. The summed E-state index contributed by atoms with van der Waals surface area (Å²) in [5, 5.41) is 3.14. The van der Waals surface area contributed by atoms with Crippen LogP contribution in [0.25, 0.3) is 16.6 Å². The third-order valence-corrected chi connectivity index (χ3v) is 5.84. The van der Waals surface area contributed by atoms with Gasteiger partial charge in [0.2, 0.25) is 11.9 Å². The number of carbonyl (C=O) groups excluding carboxylic acids is 1. The summed E-state index contributed by atoms with van der Waals surface area (Å²) >= 11 is 1.22. The molecule has 0 aliphatic rings. The van der Waals surface area contributed by atoms with Crippen molar-refractivity contribution in [2.24, 2.45) is 0 Å². The van der Waals surface area contributed by atoms with E-state index < -0.39 is 5.25 Å². The van der Waals surface area contributed by atoms with Crippen LogP contribution in [0.1, 0.15) is 18.1 Å². The molecular weight excluding hydrogens is 410 g/mol. The van der Waals surface area contributed by atoms with Gasteiger partial charge in [0.25, 0.3) is 5.56 Å². The molecule has 0 aliphatic heterocycles. The quantitative estimate of drug-likeness (QED) is 0.381. The molecule has 1 amide bonds. The first kappa shape index (κ1) is 20.7. The Hall–Kier alpha value is -3.52. The van der Waals surface area contributed by atoms with Gasteiger partial charge in [-0.15, -0.1) is 0 Å². The third kappa shape index (κ3) is 4.34. The molecule has 31 heavy (non-hydrogen) atoms. The Morgan fingerprint density at radius 1 is 1.06 bits per heavy atom. The zero-order chi connectivity index (χ0) is 22.0. The first-order valence-corrected chi connectivity index (χ1v) is 10.7. The van der Waals surface area contributed by atoms with E-state index in [0.717, 1.165) is 16.8 Å². The van der Waals surface area contributed by atoms with Crippen LogP contribution in [0.3, 0.4) is 0 Å². The van der Waals surface area contributed by atoms with Gasteiger partial charge in [-0.3, -0.25) is 19.5 Å². The van der Waals surface area contributed by atoms with Gasteiger partial charge in [0.15, 0.2) is 5.16 Å². The van der Waals surface area contributed by atoms with Crippen LogP contribution in [-0.4, -0.2) is 30.7 Å². The molecule has 0 spiro atoms. The van der Waals surface area contributed by atoms with Crippen LogP contribution in [0.15, 0.2) is 70.9 Å². The highest BCUT2D eigenvalue weighted by Gasteiger charge is 2.21. The SMILES string of the molecule is Cc1ccc(-n2c(SC(C)C(=O)Nc3ncccn3)nc3ccccc3c2=O)c(C)c1. The lowest BCUT2D eigenvalue weighted by Crippen LogP contribution is -2.27. The van der Waals surface area contributed by atoms with E-state index >= 15 is 0 Å². The standard InChI is InChI=1S/C23H21N5O2S/c1-14-9-10-19(15(2)13-14)28-21(30)17-7-4-5-8-18(17)26-23(28)31-16(3)20(29)27-22-24-11-6-12-25-22/h4-13,16H,1-3H3,(H,24,25,27,29). The number of rotatable bonds is 5. The van der Waals surface area contributed by atoms with E-state index in [-0.39, 0.29) is 17.4 Å². The normalized spacial score (nSPS) is 12.0. The van der Waals surface area contributed by atoms with Crippen molar-refractivity contribution in [3.63, 3.8) is 0 Å². The summed E-state index contributed by atoms with van der Waals surface area (Å²) in [5.41, 5.74) is 3.23. The van der Waals surface area contributed by atoms with Crippen molar-refractivity contribution < 1.29 is 4.79 Å². The number of hydrogen-bond donors (Lipinski definition) is 1. The average Bonchev–Trinajstić information content (AvgIpc) is 2.75. The zero-order valence-corrected chi connectivity index (χ0v) is 18.2. The number of nitrogens with one attached hydrogen (secondary N) is 1. The van der Waals surface area contributed by atoms with E-state index in [9.17, 15) is 9.59 Å². The summed E-state index contributed by atoms with van der Waals surface area (Å²) in [5.74, 6) is -0.0380. The Labute approximate surface area is 183 Å². The summed E-state index contributed by atoms with van der Waals surface area (Å²) in [6.45, 7) is 5.73.